The Balaban J connectivity index is 1.87. The van der Waals surface area contributed by atoms with Crippen LogP contribution in [0.5, 0.6) is 5.75 Å². The van der Waals surface area contributed by atoms with Crippen molar-refractivity contribution in [1.29, 1.82) is 0 Å². The molecule has 0 bridgehead atoms. The van der Waals surface area contributed by atoms with Crippen molar-refractivity contribution in [2.75, 3.05) is 14.2 Å². The molecule has 176 valence electrons. The highest BCUT2D eigenvalue weighted by Crippen LogP contribution is 2.18. The van der Waals surface area contributed by atoms with Gasteiger partial charge < -0.3 is 14.0 Å². The number of aromatic nitrogens is 4. The van der Waals surface area contributed by atoms with Gasteiger partial charge in [0.1, 0.15) is 5.75 Å². The van der Waals surface area contributed by atoms with Gasteiger partial charge in [-0.25, -0.2) is 19.1 Å². The Morgan fingerprint density at radius 1 is 1.00 bits per heavy atom. The zero-order valence-electron chi connectivity index (χ0n) is 19.5. The molecule has 0 aliphatic heterocycles. The molecular formula is C25H26N4O5. The second-order valence-electron chi connectivity index (χ2n) is 8.36. The van der Waals surface area contributed by atoms with Crippen LogP contribution in [0.15, 0.2) is 64.4 Å². The normalized spacial score (nSPS) is 11.2. The largest absolute Gasteiger partial charge is 0.497 e. The lowest BCUT2D eigenvalue weighted by Crippen LogP contribution is -2.41. The molecule has 2 aromatic heterocycles. The number of benzene rings is 2. The highest BCUT2D eigenvalue weighted by atomic mass is 16.5. The van der Waals surface area contributed by atoms with E-state index in [1.165, 1.54) is 16.2 Å². The molecule has 4 aromatic rings. The molecule has 0 aliphatic carbocycles. The van der Waals surface area contributed by atoms with Gasteiger partial charge in [-0.15, -0.1) is 0 Å². The van der Waals surface area contributed by atoms with E-state index >= 15 is 0 Å². The number of carbonyl (C=O) groups is 1. The highest BCUT2D eigenvalue weighted by molar-refractivity contribution is 5.89. The molecular weight excluding hydrogens is 436 g/mol. The van der Waals surface area contributed by atoms with Crippen molar-refractivity contribution >= 4 is 17.1 Å². The summed E-state index contributed by atoms with van der Waals surface area (Å²) >= 11 is 0. The average molecular weight is 463 g/mol. The number of nitrogens with zero attached hydrogens (tertiary/aromatic N) is 4. The molecule has 4 rings (SSSR count). The fourth-order valence-electron chi connectivity index (χ4n) is 3.85. The van der Waals surface area contributed by atoms with E-state index in [0.29, 0.717) is 29.1 Å². The topological polar surface area (TPSA) is 97.4 Å². The number of rotatable bonds is 7. The van der Waals surface area contributed by atoms with Crippen LogP contribution in [0.3, 0.4) is 0 Å². The summed E-state index contributed by atoms with van der Waals surface area (Å²) in [4.78, 5) is 43.0. The third-order valence-electron chi connectivity index (χ3n) is 5.51. The number of ether oxygens (including phenoxy) is 2. The third-order valence-corrected chi connectivity index (χ3v) is 5.51. The third kappa shape index (κ3) is 4.24. The molecule has 34 heavy (non-hydrogen) atoms. The molecule has 0 unspecified atom stereocenters. The zero-order valence-corrected chi connectivity index (χ0v) is 19.5. The van der Waals surface area contributed by atoms with Crippen molar-refractivity contribution in [3.63, 3.8) is 0 Å². The van der Waals surface area contributed by atoms with Crippen molar-refractivity contribution in [3.8, 4) is 11.4 Å². The molecule has 0 atom stereocenters. The van der Waals surface area contributed by atoms with Gasteiger partial charge in [-0.3, -0.25) is 9.36 Å². The molecule has 9 nitrogen and oxygen atoms in total. The minimum Gasteiger partial charge on any atom is -0.497 e. The molecule has 0 fully saturated rings. The lowest BCUT2D eigenvalue weighted by atomic mass is 10.1. The van der Waals surface area contributed by atoms with E-state index < -0.39 is 11.7 Å². The maximum absolute atomic E-state index is 13.4. The SMILES string of the molecule is COC(=O)c1ccc(Cn2cnc3c2c(=O)n(CC(C)C)c(=O)n3-c2ccc(OC)cc2)cc1. The quantitative estimate of drug-likeness (QED) is 0.392. The zero-order chi connectivity index (χ0) is 24.4. The first kappa shape index (κ1) is 23.0. The predicted octanol–water partition coefficient (Wildman–Crippen LogP) is 2.85. The second kappa shape index (κ2) is 9.38. The minimum absolute atomic E-state index is 0.0920. The summed E-state index contributed by atoms with van der Waals surface area (Å²) in [7, 11) is 2.90. The van der Waals surface area contributed by atoms with Gasteiger partial charge in [0.05, 0.1) is 31.8 Å². The molecule has 2 heterocycles. The van der Waals surface area contributed by atoms with Gasteiger partial charge in [-0.2, -0.15) is 0 Å². The van der Waals surface area contributed by atoms with Crippen LogP contribution in [0.4, 0.5) is 0 Å². The summed E-state index contributed by atoms with van der Waals surface area (Å²) in [5.41, 5.74) is 1.67. The molecule has 0 aliphatic rings. The number of imidazole rings is 1. The van der Waals surface area contributed by atoms with Crippen LogP contribution in [0.2, 0.25) is 0 Å². The van der Waals surface area contributed by atoms with E-state index in [9.17, 15) is 14.4 Å². The van der Waals surface area contributed by atoms with Gasteiger partial charge >= 0.3 is 11.7 Å². The fraction of sp³-hybridized carbons (Fsp3) is 0.280. The Morgan fingerprint density at radius 2 is 1.68 bits per heavy atom. The second-order valence-corrected chi connectivity index (χ2v) is 8.36. The molecule has 0 N–H and O–H groups in total. The van der Waals surface area contributed by atoms with E-state index in [2.05, 4.69) is 4.98 Å². The Bertz CT molecular complexity index is 1440. The van der Waals surface area contributed by atoms with Gasteiger partial charge in [-0.05, 0) is 47.9 Å². The Morgan fingerprint density at radius 3 is 2.26 bits per heavy atom. The van der Waals surface area contributed by atoms with Crippen LogP contribution in [-0.2, 0) is 17.8 Å². The van der Waals surface area contributed by atoms with Crippen LogP contribution in [0, 0.1) is 5.92 Å². The fourth-order valence-corrected chi connectivity index (χ4v) is 3.85. The standard InChI is InChI=1S/C25H26N4O5/c1-16(2)13-28-23(30)21-22(29(25(28)32)19-9-11-20(33-3)12-10-19)26-15-27(21)14-17-5-7-18(8-6-17)24(31)34-4/h5-12,15-16H,13-14H2,1-4H3. The number of carbonyl (C=O) groups excluding carboxylic acids is 1. The monoisotopic (exact) mass is 462 g/mol. The van der Waals surface area contributed by atoms with E-state index in [1.807, 2.05) is 13.8 Å². The van der Waals surface area contributed by atoms with Crippen molar-refractivity contribution in [2.24, 2.45) is 5.92 Å². The van der Waals surface area contributed by atoms with Crippen molar-refractivity contribution in [3.05, 3.63) is 86.8 Å². The molecule has 0 amide bonds. The predicted molar refractivity (Wildman–Crippen MR) is 128 cm³/mol. The summed E-state index contributed by atoms with van der Waals surface area (Å²) in [6.07, 6.45) is 1.56. The Hall–Kier alpha value is -4.14. The average Bonchev–Trinajstić information content (AvgIpc) is 3.25. The van der Waals surface area contributed by atoms with E-state index in [1.54, 1.807) is 66.5 Å². The van der Waals surface area contributed by atoms with Crippen LogP contribution < -0.4 is 16.0 Å². The lowest BCUT2D eigenvalue weighted by Gasteiger charge is -2.14. The van der Waals surface area contributed by atoms with Crippen LogP contribution in [-0.4, -0.2) is 38.9 Å². The molecule has 2 aromatic carbocycles. The summed E-state index contributed by atoms with van der Waals surface area (Å²) in [5, 5.41) is 0. The highest BCUT2D eigenvalue weighted by Gasteiger charge is 2.20. The lowest BCUT2D eigenvalue weighted by molar-refractivity contribution is 0.0600. The van der Waals surface area contributed by atoms with Crippen molar-refractivity contribution in [2.45, 2.75) is 26.9 Å². The van der Waals surface area contributed by atoms with Crippen LogP contribution in [0.1, 0.15) is 29.8 Å². The van der Waals surface area contributed by atoms with Gasteiger partial charge in [0.15, 0.2) is 11.2 Å². The van der Waals surface area contributed by atoms with Crippen molar-refractivity contribution in [1.82, 2.24) is 18.7 Å². The maximum atomic E-state index is 13.4. The molecule has 0 saturated carbocycles. The smallest absolute Gasteiger partial charge is 0.337 e. The molecule has 0 spiro atoms. The van der Waals surface area contributed by atoms with Crippen molar-refractivity contribution < 1.29 is 14.3 Å². The Kier molecular flexibility index (Phi) is 6.36. The molecule has 9 heteroatoms. The van der Waals surface area contributed by atoms with Gasteiger partial charge in [0, 0.05) is 13.1 Å². The van der Waals surface area contributed by atoms with Gasteiger partial charge in [0.2, 0.25) is 0 Å². The summed E-state index contributed by atoms with van der Waals surface area (Å²) in [6.45, 7) is 4.53. The summed E-state index contributed by atoms with van der Waals surface area (Å²) in [5.74, 6) is 0.332. The minimum atomic E-state index is -0.441. The van der Waals surface area contributed by atoms with Crippen LogP contribution in [0.25, 0.3) is 16.9 Å². The molecule has 0 radical (unpaired) electrons. The number of hydrogen-bond acceptors (Lipinski definition) is 6. The van der Waals surface area contributed by atoms with E-state index in [0.717, 1.165) is 5.56 Å². The summed E-state index contributed by atoms with van der Waals surface area (Å²) in [6, 6.07) is 14.0. The first-order valence-corrected chi connectivity index (χ1v) is 10.9. The first-order valence-electron chi connectivity index (χ1n) is 10.9. The number of esters is 1. The first-order chi connectivity index (χ1) is 16.3. The van der Waals surface area contributed by atoms with E-state index in [4.69, 9.17) is 9.47 Å². The summed E-state index contributed by atoms with van der Waals surface area (Å²) < 4.78 is 14.4. The van der Waals surface area contributed by atoms with Gasteiger partial charge in [-0.1, -0.05) is 26.0 Å². The number of hydrogen-bond donors (Lipinski definition) is 0. The number of methoxy groups -OCH3 is 2. The number of fused-ring (bicyclic) bond motifs is 1. The van der Waals surface area contributed by atoms with Crippen LogP contribution >= 0.6 is 0 Å². The maximum Gasteiger partial charge on any atom is 0.337 e. The molecule has 0 saturated heterocycles. The Labute approximate surface area is 195 Å². The van der Waals surface area contributed by atoms with E-state index in [-0.39, 0.29) is 23.7 Å². The van der Waals surface area contributed by atoms with Gasteiger partial charge in [0.25, 0.3) is 5.56 Å².